The number of hydrogen-bond acceptors (Lipinski definition) is 3. The van der Waals surface area contributed by atoms with E-state index in [2.05, 4.69) is 14.9 Å². The van der Waals surface area contributed by atoms with Crippen molar-refractivity contribution >= 4 is 27.3 Å². The lowest BCUT2D eigenvalue weighted by Crippen LogP contribution is -2.14. The molecule has 18 heavy (non-hydrogen) atoms. The molecule has 0 saturated heterocycles. The predicted octanol–water partition coefficient (Wildman–Crippen LogP) is 2.48. The molecule has 1 heterocycles. The normalized spacial score (nSPS) is 11.5. The summed E-state index contributed by atoms with van der Waals surface area (Å²) >= 11 is 6.02. The average Bonchev–Trinajstić information content (AvgIpc) is 2.67. The van der Waals surface area contributed by atoms with Crippen molar-refractivity contribution in [2.75, 3.05) is 4.72 Å². The molecule has 7 heteroatoms. The molecule has 0 bridgehead atoms. The lowest BCUT2D eigenvalue weighted by Gasteiger charge is -2.09. The quantitative estimate of drug-likeness (QED) is 0.910. The topological polar surface area (TPSA) is 74.8 Å². The molecule has 0 aliphatic heterocycles. The van der Waals surface area contributed by atoms with Crippen molar-refractivity contribution in [3.8, 4) is 0 Å². The summed E-state index contributed by atoms with van der Waals surface area (Å²) < 4.78 is 26.8. The Labute approximate surface area is 110 Å². The van der Waals surface area contributed by atoms with Gasteiger partial charge >= 0.3 is 0 Å². The Kier molecular flexibility index (Phi) is 3.32. The molecule has 0 fully saturated rings. The van der Waals surface area contributed by atoms with E-state index in [9.17, 15) is 8.42 Å². The van der Waals surface area contributed by atoms with Crippen molar-refractivity contribution in [1.82, 2.24) is 10.2 Å². The standard InChI is InChI=1S/C11H12ClN3O2S/c1-7-4-3-5-10(11(7)12)18(16,17)15-9-6-13-14-8(9)2/h3-6,15H,1-2H3,(H,13,14). The van der Waals surface area contributed by atoms with Crippen LogP contribution >= 0.6 is 11.6 Å². The van der Waals surface area contributed by atoms with Gasteiger partial charge in [-0.25, -0.2) is 8.42 Å². The van der Waals surface area contributed by atoms with E-state index in [1.165, 1.54) is 12.3 Å². The molecule has 0 atom stereocenters. The van der Waals surface area contributed by atoms with Gasteiger partial charge in [0, 0.05) is 0 Å². The van der Waals surface area contributed by atoms with Gasteiger partial charge in [-0.05, 0) is 25.5 Å². The van der Waals surface area contributed by atoms with E-state index in [4.69, 9.17) is 11.6 Å². The van der Waals surface area contributed by atoms with Crippen LogP contribution in [0.4, 0.5) is 5.69 Å². The van der Waals surface area contributed by atoms with E-state index >= 15 is 0 Å². The van der Waals surface area contributed by atoms with Gasteiger partial charge in [0.1, 0.15) is 4.90 Å². The number of hydrogen-bond donors (Lipinski definition) is 2. The van der Waals surface area contributed by atoms with Crippen LogP contribution in [0.15, 0.2) is 29.3 Å². The number of benzene rings is 1. The van der Waals surface area contributed by atoms with E-state index in [1.807, 2.05) is 0 Å². The zero-order valence-corrected chi connectivity index (χ0v) is 11.4. The number of aromatic amines is 1. The monoisotopic (exact) mass is 285 g/mol. The maximum atomic E-state index is 12.2. The number of nitrogens with one attached hydrogen (secondary N) is 2. The number of nitrogens with zero attached hydrogens (tertiary/aromatic N) is 1. The maximum Gasteiger partial charge on any atom is 0.263 e. The molecule has 0 saturated carbocycles. The first-order valence-electron chi connectivity index (χ1n) is 5.20. The van der Waals surface area contributed by atoms with E-state index in [0.29, 0.717) is 16.9 Å². The number of halogens is 1. The van der Waals surface area contributed by atoms with Crippen LogP contribution in [0, 0.1) is 13.8 Å². The van der Waals surface area contributed by atoms with Crippen molar-refractivity contribution in [2.24, 2.45) is 0 Å². The minimum atomic E-state index is -3.70. The zero-order chi connectivity index (χ0) is 13.3. The van der Waals surface area contributed by atoms with Gasteiger partial charge in [-0.15, -0.1) is 0 Å². The van der Waals surface area contributed by atoms with Crippen LogP contribution in [0.5, 0.6) is 0 Å². The summed E-state index contributed by atoms with van der Waals surface area (Å²) in [7, 11) is -3.70. The average molecular weight is 286 g/mol. The third-order valence-electron chi connectivity index (χ3n) is 2.52. The highest BCUT2D eigenvalue weighted by Crippen LogP contribution is 2.26. The van der Waals surface area contributed by atoms with Gasteiger partial charge in [0.15, 0.2) is 0 Å². The molecule has 0 unspecified atom stereocenters. The van der Waals surface area contributed by atoms with Crippen molar-refractivity contribution in [3.05, 3.63) is 40.7 Å². The Morgan fingerprint density at radius 3 is 2.67 bits per heavy atom. The molecule has 1 aromatic carbocycles. The Morgan fingerprint density at radius 1 is 1.33 bits per heavy atom. The largest absolute Gasteiger partial charge is 0.281 e. The highest BCUT2D eigenvalue weighted by molar-refractivity contribution is 7.92. The summed E-state index contributed by atoms with van der Waals surface area (Å²) in [5.41, 5.74) is 1.76. The number of anilines is 1. The molecule has 0 aliphatic rings. The van der Waals surface area contributed by atoms with Crippen molar-refractivity contribution in [3.63, 3.8) is 0 Å². The second-order valence-electron chi connectivity index (χ2n) is 3.90. The first-order valence-corrected chi connectivity index (χ1v) is 7.06. The second-order valence-corrected chi connectivity index (χ2v) is 5.93. The minimum absolute atomic E-state index is 0.0600. The van der Waals surface area contributed by atoms with Gasteiger partial charge in [0.05, 0.1) is 22.6 Å². The Hall–Kier alpha value is -1.53. The molecule has 0 amide bonds. The number of rotatable bonds is 3. The number of aryl methyl sites for hydroxylation is 2. The van der Waals surface area contributed by atoms with Crippen LogP contribution in [-0.4, -0.2) is 18.6 Å². The second kappa shape index (κ2) is 4.62. The Balaban J connectivity index is 2.43. The number of H-pyrrole nitrogens is 1. The minimum Gasteiger partial charge on any atom is -0.281 e. The zero-order valence-electron chi connectivity index (χ0n) is 9.86. The predicted molar refractivity (Wildman–Crippen MR) is 70.3 cm³/mol. The molecule has 96 valence electrons. The van der Waals surface area contributed by atoms with Crippen LogP contribution in [0.25, 0.3) is 0 Å². The molecule has 0 radical (unpaired) electrons. The first-order chi connectivity index (χ1) is 8.42. The number of sulfonamides is 1. The number of aromatic nitrogens is 2. The van der Waals surface area contributed by atoms with E-state index in [-0.39, 0.29) is 9.92 Å². The van der Waals surface area contributed by atoms with E-state index in [0.717, 1.165) is 0 Å². The van der Waals surface area contributed by atoms with Gasteiger partial charge in [-0.2, -0.15) is 5.10 Å². The first kappa shape index (κ1) is 12.9. The van der Waals surface area contributed by atoms with Crippen LogP contribution in [0.3, 0.4) is 0 Å². The summed E-state index contributed by atoms with van der Waals surface area (Å²) in [6.45, 7) is 3.48. The van der Waals surface area contributed by atoms with Crippen molar-refractivity contribution < 1.29 is 8.42 Å². The van der Waals surface area contributed by atoms with Crippen LogP contribution < -0.4 is 4.72 Å². The highest BCUT2D eigenvalue weighted by atomic mass is 35.5. The van der Waals surface area contributed by atoms with E-state index in [1.54, 1.807) is 26.0 Å². The van der Waals surface area contributed by atoms with E-state index < -0.39 is 10.0 Å². The summed E-state index contributed by atoms with van der Waals surface area (Å²) in [4.78, 5) is 0.0600. The molecule has 2 rings (SSSR count). The Bertz CT molecular complexity index is 679. The van der Waals surface area contributed by atoms with Crippen LogP contribution in [-0.2, 0) is 10.0 Å². The van der Waals surface area contributed by atoms with Gasteiger partial charge in [0.2, 0.25) is 0 Å². The van der Waals surface area contributed by atoms with Crippen molar-refractivity contribution in [2.45, 2.75) is 18.7 Å². The smallest absolute Gasteiger partial charge is 0.263 e. The summed E-state index contributed by atoms with van der Waals surface area (Å²) in [5, 5.41) is 6.64. The summed E-state index contributed by atoms with van der Waals surface area (Å²) in [5.74, 6) is 0. The lowest BCUT2D eigenvalue weighted by atomic mass is 10.2. The van der Waals surface area contributed by atoms with Gasteiger partial charge in [-0.3, -0.25) is 9.82 Å². The van der Waals surface area contributed by atoms with Gasteiger partial charge in [-0.1, -0.05) is 23.7 Å². The SMILES string of the molecule is Cc1cccc(S(=O)(=O)Nc2cn[nH]c2C)c1Cl. The molecule has 2 aromatic rings. The maximum absolute atomic E-state index is 12.2. The fourth-order valence-electron chi connectivity index (χ4n) is 1.48. The van der Waals surface area contributed by atoms with Crippen molar-refractivity contribution in [1.29, 1.82) is 0 Å². The molecule has 1 aromatic heterocycles. The molecular formula is C11H12ClN3O2S. The summed E-state index contributed by atoms with van der Waals surface area (Å²) in [6, 6.07) is 4.87. The summed E-state index contributed by atoms with van der Waals surface area (Å²) in [6.07, 6.45) is 1.41. The third kappa shape index (κ3) is 2.34. The van der Waals surface area contributed by atoms with Gasteiger partial charge in [0.25, 0.3) is 10.0 Å². The van der Waals surface area contributed by atoms with Crippen LogP contribution in [0.2, 0.25) is 5.02 Å². The molecular weight excluding hydrogens is 274 g/mol. The fraction of sp³-hybridized carbons (Fsp3) is 0.182. The van der Waals surface area contributed by atoms with Crippen LogP contribution in [0.1, 0.15) is 11.3 Å². The Morgan fingerprint density at radius 2 is 2.06 bits per heavy atom. The molecule has 0 aliphatic carbocycles. The highest BCUT2D eigenvalue weighted by Gasteiger charge is 2.20. The molecule has 2 N–H and O–H groups in total. The molecule has 0 spiro atoms. The third-order valence-corrected chi connectivity index (χ3v) is 4.54. The molecule has 5 nitrogen and oxygen atoms in total. The fourth-order valence-corrected chi connectivity index (χ4v) is 3.17. The lowest BCUT2D eigenvalue weighted by molar-refractivity contribution is 0.601. The van der Waals surface area contributed by atoms with Gasteiger partial charge < -0.3 is 0 Å².